The van der Waals surface area contributed by atoms with Crippen LogP contribution in [0.3, 0.4) is 0 Å². The van der Waals surface area contributed by atoms with Crippen molar-refractivity contribution in [2.45, 2.75) is 6.92 Å². The van der Waals surface area contributed by atoms with Crippen molar-refractivity contribution in [3.05, 3.63) is 23.3 Å². The predicted molar refractivity (Wildman–Crippen MR) is 64.6 cm³/mol. The topological polar surface area (TPSA) is 42.3 Å². The summed E-state index contributed by atoms with van der Waals surface area (Å²) in [6.07, 6.45) is 1.88. The first-order valence-electron chi connectivity index (χ1n) is 4.49. The highest BCUT2D eigenvalue weighted by Gasteiger charge is 2.13. The second kappa shape index (κ2) is 5.07. The summed E-state index contributed by atoms with van der Waals surface area (Å²) in [5.74, 6) is 1.44. The molecule has 0 radical (unpaired) electrons. The molecular weight excluding hydrogens is 210 g/mol. The summed E-state index contributed by atoms with van der Waals surface area (Å²) in [4.78, 5) is 0. The van der Waals surface area contributed by atoms with Crippen molar-refractivity contribution in [3.8, 4) is 11.5 Å². The Hall–Kier alpha value is -1.16. The minimum absolute atomic E-state index is 0.506. The quantitative estimate of drug-likeness (QED) is 0.635. The number of methoxy groups -OCH3 is 2. The van der Waals surface area contributed by atoms with Crippen LogP contribution < -0.4 is 9.47 Å². The maximum absolute atomic E-state index is 7.83. The van der Waals surface area contributed by atoms with Crippen LogP contribution in [0.5, 0.6) is 11.5 Å². The van der Waals surface area contributed by atoms with E-state index in [-0.39, 0.29) is 0 Å². The monoisotopic (exact) mass is 225 g/mol. The molecule has 0 saturated heterocycles. The van der Waals surface area contributed by atoms with Crippen molar-refractivity contribution in [2.24, 2.45) is 0 Å². The number of benzene rings is 1. The molecule has 1 rings (SSSR count). The zero-order chi connectivity index (χ0) is 11.4. The number of aryl methyl sites for hydroxylation is 1. The van der Waals surface area contributed by atoms with Crippen LogP contribution in [0.25, 0.3) is 0 Å². The molecule has 0 saturated carbocycles. The van der Waals surface area contributed by atoms with E-state index in [2.05, 4.69) is 0 Å². The smallest absolute Gasteiger partial charge is 0.132 e. The van der Waals surface area contributed by atoms with E-state index in [1.54, 1.807) is 20.3 Å². The highest BCUT2D eigenvalue weighted by atomic mass is 32.2. The van der Waals surface area contributed by atoms with E-state index in [0.29, 0.717) is 10.8 Å². The maximum Gasteiger partial charge on any atom is 0.132 e. The van der Waals surface area contributed by atoms with Gasteiger partial charge in [-0.3, -0.25) is 5.41 Å². The first-order chi connectivity index (χ1) is 7.13. The van der Waals surface area contributed by atoms with Gasteiger partial charge in [0.05, 0.1) is 24.8 Å². The minimum Gasteiger partial charge on any atom is -0.497 e. The molecule has 1 aromatic carbocycles. The highest BCUT2D eigenvalue weighted by Crippen LogP contribution is 2.30. The van der Waals surface area contributed by atoms with Gasteiger partial charge in [0.15, 0.2) is 0 Å². The molecule has 0 heterocycles. The Kier molecular flexibility index (Phi) is 4.03. The van der Waals surface area contributed by atoms with Crippen LogP contribution in [0.2, 0.25) is 0 Å². The van der Waals surface area contributed by atoms with Crippen molar-refractivity contribution >= 4 is 16.8 Å². The second-order valence-electron chi connectivity index (χ2n) is 3.05. The first kappa shape index (κ1) is 11.9. The van der Waals surface area contributed by atoms with Crippen LogP contribution in [-0.4, -0.2) is 25.5 Å². The van der Waals surface area contributed by atoms with E-state index in [0.717, 1.165) is 16.9 Å². The maximum atomic E-state index is 7.83. The Balaban J connectivity index is 3.30. The molecule has 0 aromatic heterocycles. The van der Waals surface area contributed by atoms with Crippen molar-refractivity contribution in [1.82, 2.24) is 0 Å². The average molecular weight is 225 g/mol. The van der Waals surface area contributed by atoms with Gasteiger partial charge in [0, 0.05) is 6.07 Å². The van der Waals surface area contributed by atoms with Crippen LogP contribution in [0.1, 0.15) is 11.1 Å². The van der Waals surface area contributed by atoms with Crippen LogP contribution >= 0.6 is 11.8 Å². The molecule has 0 aliphatic rings. The summed E-state index contributed by atoms with van der Waals surface area (Å²) in [5, 5.41) is 8.34. The number of hydrogen-bond donors (Lipinski definition) is 1. The zero-order valence-corrected chi connectivity index (χ0v) is 10.2. The van der Waals surface area contributed by atoms with E-state index in [1.807, 2.05) is 19.2 Å². The molecule has 0 atom stereocenters. The number of hydrogen-bond acceptors (Lipinski definition) is 4. The third-order valence-corrected chi connectivity index (χ3v) is 2.77. The number of thioether (sulfide) groups is 1. The van der Waals surface area contributed by atoms with Gasteiger partial charge in [-0.05, 0) is 24.8 Å². The summed E-state index contributed by atoms with van der Waals surface area (Å²) in [6, 6.07) is 3.70. The molecule has 0 aliphatic heterocycles. The molecule has 0 fully saturated rings. The minimum atomic E-state index is 0.506. The van der Waals surface area contributed by atoms with Gasteiger partial charge in [-0.2, -0.15) is 0 Å². The van der Waals surface area contributed by atoms with Gasteiger partial charge in [0.25, 0.3) is 0 Å². The molecule has 0 aliphatic carbocycles. The van der Waals surface area contributed by atoms with Crippen LogP contribution in [0.15, 0.2) is 12.1 Å². The fraction of sp³-hybridized carbons (Fsp3) is 0.364. The van der Waals surface area contributed by atoms with E-state index in [4.69, 9.17) is 14.9 Å². The summed E-state index contributed by atoms with van der Waals surface area (Å²) in [7, 11) is 3.22. The molecule has 1 aromatic rings. The highest BCUT2D eigenvalue weighted by molar-refractivity contribution is 8.13. The SMILES string of the molecule is COc1cc(C)c(C(=N)SC)c(OC)c1. The number of nitrogens with one attached hydrogen (secondary N) is 1. The molecule has 1 N–H and O–H groups in total. The Morgan fingerprint density at radius 1 is 1.27 bits per heavy atom. The van der Waals surface area contributed by atoms with Crippen molar-refractivity contribution in [2.75, 3.05) is 20.5 Å². The van der Waals surface area contributed by atoms with Gasteiger partial charge in [-0.15, -0.1) is 11.8 Å². The third-order valence-electron chi connectivity index (χ3n) is 2.16. The van der Waals surface area contributed by atoms with Gasteiger partial charge in [-0.25, -0.2) is 0 Å². The van der Waals surface area contributed by atoms with E-state index < -0.39 is 0 Å². The number of ether oxygens (including phenoxy) is 2. The standard InChI is InChI=1S/C11H15NO2S/c1-7-5-8(13-2)6-9(14-3)10(7)11(12)15-4/h5-6,12H,1-4H3. The zero-order valence-electron chi connectivity index (χ0n) is 9.38. The normalized spacial score (nSPS) is 9.87. The lowest BCUT2D eigenvalue weighted by molar-refractivity contribution is 0.393. The Labute approximate surface area is 94.3 Å². The van der Waals surface area contributed by atoms with Gasteiger partial charge in [0.1, 0.15) is 11.5 Å². The fourth-order valence-corrected chi connectivity index (χ4v) is 1.86. The van der Waals surface area contributed by atoms with Gasteiger partial charge >= 0.3 is 0 Å². The molecule has 0 unspecified atom stereocenters. The molecule has 0 bridgehead atoms. The van der Waals surface area contributed by atoms with Crippen LogP contribution in [-0.2, 0) is 0 Å². The first-order valence-corrected chi connectivity index (χ1v) is 5.72. The van der Waals surface area contributed by atoms with Gasteiger partial charge in [-0.1, -0.05) is 0 Å². The summed E-state index contributed by atoms with van der Waals surface area (Å²) < 4.78 is 10.4. The summed E-state index contributed by atoms with van der Waals surface area (Å²) in [6.45, 7) is 1.95. The Morgan fingerprint density at radius 3 is 2.40 bits per heavy atom. The van der Waals surface area contributed by atoms with E-state index >= 15 is 0 Å². The van der Waals surface area contributed by atoms with Crippen molar-refractivity contribution < 1.29 is 9.47 Å². The Bertz CT molecular complexity index is 377. The van der Waals surface area contributed by atoms with Gasteiger partial charge in [0.2, 0.25) is 0 Å². The van der Waals surface area contributed by atoms with Gasteiger partial charge < -0.3 is 9.47 Å². The molecule has 82 valence electrons. The molecule has 0 amide bonds. The Morgan fingerprint density at radius 2 is 1.93 bits per heavy atom. The predicted octanol–water partition coefficient (Wildman–Crippen LogP) is 2.70. The number of rotatable bonds is 3. The van der Waals surface area contributed by atoms with E-state index in [1.165, 1.54) is 11.8 Å². The molecule has 0 spiro atoms. The largest absolute Gasteiger partial charge is 0.497 e. The van der Waals surface area contributed by atoms with Crippen LogP contribution in [0.4, 0.5) is 0 Å². The summed E-state index contributed by atoms with van der Waals surface area (Å²) >= 11 is 1.40. The molecule has 4 heteroatoms. The van der Waals surface area contributed by atoms with Crippen LogP contribution in [0, 0.1) is 12.3 Å². The van der Waals surface area contributed by atoms with E-state index in [9.17, 15) is 0 Å². The molecule has 15 heavy (non-hydrogen) atoms. The molecular formula is C11H15NO2S. The molecule has 3 nitrogen and oxygen atoms in total. The lowest BCUT2D eigenvalue weighted by atomic mass is 10.1. The second-order valence-corrected chi connectivity index (χ2v) is 3.87. The average Bonchev–Trinajstić information content (AvgIpc) is 2.26. The lowest BCUT2D eigenvalue weighted by Gasteiger charge is -2.13. The van der Waals surface area contributed by atoms with Crippen molar-refractivity contribution in [3.63, 3.8) is 0 Å². The summed E-state index contributed by atoms with van der Waals surface area (Å²) in [5.41, 5.74) is 1.83. The third kappa shape index (κ3) is 2.45. The van der Waals surface area contributed by atoms with Crippen molar-refractivity contribution in [1.29, 1.82) is 5.41 Å². The fourth-order valence-electron chi connectivity index (χ4n) is 1.39. The lowest BCUT2D eigenvalue weighted by Crippen LogP contribution is -2.01.